The van der Waals surface area contributed by atoms with Gasteiger partial charge < -0.3 is 0 Å². The van der Waals surface area contributed by atoms with Crippen molar-refractivity contribution in [3.05, 3.63) is 34.3 Å². The number of carbonyl (C=O) groups excluding carboxylic acids is 1. The molecule has 4 nitrogen and oxygen atoms in total. The lowest BCUT2D eigenvalue weighted by Crippen LogP contribution is -2.38. The van der Waals surface area contributed by atoms with Gasteiger partial charge in [-0.2, -0.15) is 0 Å². The van der Waals surface area contributed by atoms with Gasteiger partial charge in [0.25, 0.3) is 0 Å². The van der Waals surface area contributed by atoms with Gasteiger partial charge in [0.1, 0.15) is 0 Å². The maximum absolute atomic E-state index is 11.0. The molecular weight excluding hydrogens is 258 g/mol. The number of hydrazine groups is 1. The van der Waals surface area contributed by atoms with E-state index in [-0.39, 0.29) is 5.91 Å². The summed E-state index contributed by atoms with van der Waals surface area (Å²) in [6, 6.07) is 7.98. The van der Waals surface area contributed by atoms with Gasteiger partial charge in [-0.25, -0.2) is 5.84 Å². The fraction of sp³-hybridized carbons (Fsp3) is 0.300. The van der Waals surface area contributed by atoms with Crippen molar-refractivity contribution >= 4 is 21.8 Å². The number of carbonyl (C=O) groups is 1. The lowest BCUT2D eigenvalue weighted by atomic mass is 10.2. The third-order valence-electron chi connectivity index (χ3n) is 1.92. The number of hydrogen-bond acceptors (Lipinski definition) is 3. The number of nitrogens with two attached hydrogens (primary N) is 1. The maximum atomic E-state index is 11.0. The topological polar surface area (TPSA) is 58.4 Å². The van der Waals surface area contributed by atoms with Crippen LogP contribution in [0.1, 0.15) is 5.56 Å². The molecule has 0 aliphatic heterocycles. The molecule has 1 aromatic rings. The first-order chi connectivity index (χ1) is 7.11. The van der Waals surface area contributed by atoms with Crippen LogP contribution in [0.15, 0.2) is 28.7 Å². The molecule has 0 saturated carbocycles. The zero-order chi connectivity index (χ0) is 11.3. The van der Waals surface area contributed by atoms with Crippen molar-refractivity contribution in [2.24, 2.45) is 5.84 Å². The van der Waals surface area contributed by atoms with Crippen LogP contribution < -0.4 is 11.3 Å². The van der Waals surface area contributed by atoms with E-state index in [4.69, 9.17) is 5.84 Å². The third kappa shape index (κ3) is 4.42. The lowest BCUT2D eigenvalue weighted by molar-refractivity contribution is -0.122. The molecule has 0 aromatic heterocycles. The minimum atomic E-state index is -0.188. The Morgan fingerprint density at radius 1 is 1.60 bits per heavy atom. The van der Waals surface area contributed by atoms with Crippen LogP contribution in [0.5, 0.6) is 0 Å². The van der Waals surface area contributed by atoms with Crippen molar-refractivity contribution in [1.29, 1.82) is 0 Å². The normalized spacial score (nSPS) is 10.4. The second-order valence-corrected chi connectivity index (χ2v) is 4.29. The van der Waals surface area contributed by atoms with Gasteiger partial charge in [0.05, 0.1) is 6.54 Å². The molecule has 1 rings (SSSR count). The Morgan fingerprint density at radius 2 is 2.33 bits per heavy atom. The minimum Gasteiger partial charge on any atom is -0.293 e. The summed E-state index contributed by atoms with van der Waals surface area (Å²) in [7, 11) is 1.87. The van der Waals surface area contributed by atoms with E-state index >= 15 is 0 Å². The van der Waals surface area contributed by atoms with Crippen molar-refractivity contribution in [3.8, 4) is 0 Å². The second-order valence-electron chi connectivity index (χ2n) is 3.37. The monoisotopic (exact) mass is 271 g/mol. The summed E-state index contributed by atoms with van der Waals surface area (Å²) < 4.78 is 1.04. The van der Waals surface area contributed by atoms with Crippen LogP contribution in [0.4, 0.5) is 0 Å². The van der Waals surface area contributed by atoms with Crippen molar-refractivity contribution in [1.82, 2.24) is 10.3 Å². The van der Waals surface area contributed by atoms with Gasteiger partial charge in [-0.1, -0.05) is 28.1 Å². The predicted molar refractivity (Wildman–Crippen MR) is 62.8 cm³/mol. The molecule has 15 heavy (non-hydrogen) atoms. The van der Waals surface area contributed by atoms with Crippen molar-refractivity contribution < 1.29 is 4.79 Å². The first kappa shape index (κ1) is 12.2. The summed E-state index contributed by atoms with van der Waals surface area (Å²) in [5, 5.41) is 0. The molecule has 0 spiro atoms. The fourth-order valence-corrected chi connectivity index (χ4v) is 1.74. The van der Waals surface area contributed by atoms with Crippen LogP contribution in [0.2, 0.25) is 0 Å². The van der Waals surface area contributed by atoms with Gasteiger partial charge in [-0.05, 0) is 24.7 Å². The van der Waals surface area contributed by atoms with E-state index in [1.165, 1.54) is 0 Å². The van der Waals surface area contributed by atoms with E-state index in [9.17, 15) is 4.79 Å². The fourth-order valence-electron chi connectivity index (χ4n) is 1.29. The molecule has 0 atom stereocenters. The molecule has 1 amide bonds. The number of nitrogens with zero attached hydrogens (tertiary/aromatic N) is 1. The summed E-state index contributed by atoms with van der Waals surface area (Å²) >= 11 is 3.40. The Balaban J connectivity index is 2.51. The molecule has 82 valence electrons. The van der Waals surface area contributed by atoms with Gasteiger partial charge in [0.2, 0.25) is 5.91 Å². The molecule has 0 fully saturated rings. The highest BCUT2D eigenvalue weighted by molar-refractivity contribution is 9.10. The molecule has 0 unspecified atom stereocenters. The summed E-state index contributed by atoms with van der Waals surface area (Å²) in [6.45, 7) is 1.01. The Morgan fingerprint density at radius 3 is 2.93 bits per heavy atom. The standard InChI is InChI=1S/C10H14BrN3O/c1-14(7-10(15)13-12)6-8-3-2-4-9(11)5-8/h2-5H,6-7,12H2,1H3,(H,13,15). The Kier molecular flexibility index (Phi) is 4.74. The van der Waals surface area contributed by atoms with E-state index < -0.39 is 0 Å². The number of halogens is 1. The van der Waals surface area contributed by atoms with Crippen LogP contribution in [-0.4, -0.2) is 24.4 Å². The highest BCUT2D eigenvalue weighted by Crippen LogP contribution is 2.12. The zero-order valence-corrected chi connectivity index (χ0v) is 10.1. The summed E-state index contributed by atoms with van der Waals surface area (Å²) in [4.78, 5) is 12.9. The SMILES string of the molecule is CN(CC(=O)NN)Cc1cccc(Br)c1. The molecule has 3 N–H and O–H groups in total. The molecular formula is C10H14BrN3O. The zero-order valence-electron chi connectivity index (χ0n) is 8.53. The summed E-state index contributed by atoms with van der Waals surface area (Å²) in [5.41, 5.74) is 3.25. The lowest BCUT2D eigenvalue weighted by Gasteiger charge is -2.15. The van der Waals surface area contributed by atoms with Crippen LogP contribution in [0.25, 0.3) is 0 Å². The molecule has 0 radical (unpaired) electrons. The first-order valence-corrected chi connectivity index (χ1v) is 5.33. The average Bonchev–Trinajstić information content (AvgIpc) is 2.17. The average molecular weight is 272 g/mol. The molecule has 0 aliphatic rings. The second kappa shape index (κ2) is 5.85. The van der Waals surface area contributed by atoms with E-state index in [2.05, 4.69) is 21.4 Å². The number of likely N-dealkylation sites (N-methyl/N-ethyl adjacent to an activating group) is 1. The van der Waals surface area contributed by atoms with Crippen LogP contribution in [0, 0.1) is 0 Å². The van der Waals surface area contributed by atoms with E-state index in [1.807, 2.05) is 36.2 Å². The van der Waals surface area contributed by atoms with Gasteiger partial charge in [0.15, 0.2) is 0 Å². The van der Waals surface area contributed by atoms with Crippen molar-refractivity contribution in [2.45, 2.75) is 6.54 Å². The Hall–Kier alpha value is -0.910. The first-order valence-electron chi connectivity index (χ1n) is 4.54. The Bertz CT molecular complexity index is 343. The maximum Gasteiger partial charge on any atom is 0.248 e. The minimum absolute atomic E-state index is 0.188. The van der Waals surface area contributed by atoms with E-state index in [1.54, 1.807) is 0 Å². The van der Waals surface area contributed by atoms with Gasteiger partial charge in [-0.15, -0.1) is 0 Å². The third-order valence-corrected chi connectivity index (χ3v) is 2.41. The largest absolute Gasteiger partial charge is 0.293 e. The number of benzene rings is 1. The molecule has 5 heteroatoms. The molecule has 0 heterocycles. The number of nitrogens with one attached hydrogen (secondary N) is 1. The molecule has 0 saturated heterocycles. The van der Waals surface area contributed by atoms with E-state index in [0.29, 0.717) is 13.1 Å². The number of rotatable bonds is 4. The van der Waals surface area contributed by atoms with Crippen LogP contribution in [-0.2, 0) is 11.3 Å². The highest BCUT2D eigenvalue weighted by Gasteiger charge is 2.05. The van der Waals surface area contributed by atoms with E-state index in [0.717, 1.165) is 10.0 Å². The Labute approximate surface area is 97.5 Å². The van der Waals surface area contributed by atoms with Crippen LogP contribution in [0.3, 0.4) is 0 Å². The van der Waals surface area contributed by atoms with Crippen molar-refractivity contribution in [3.63, 3.8) is 0 Å². The van der Waals surface area contributed by atoms with Crippen LogP contribution >= 0.6 is 15.9 Å². The molecule has 1 aromatic carbocycles. The summed E-state index contributed by atoms with van der Waals surface area (Å²) in [6.07, 6.45) is 0. The quantitative estimate of drug-likeness (QED) is 0.486. The van der Waals surface area contributed by atoms with Gasteiger partial charge in [0, 0.05) is 11.0 Å². The van der Waals surface area contributed by atoms with Gasteiger partial charge >= 0.3 is 0 Å². The van der Waals surface area contributed by atoms with Gasteiger partial charge in [-0.3, -0.25) is 15.1 Å². The van der Waals surface area contributed by atoms with Crippen molar-refractivity contribution in [2.75, 3.05) is 13.6 Å². The number of hydrogen-bond donors (Lipinski definition) is 2. The highest BCUT2D eigenvalue weighted by atomic mass is 79.9. The predicted octanol–water partition coefficient (Wildman–Crippen LogP) is 0.871. The summed E-state index contributed by atoms with van der Waals surface area (Å²) in [5.74, 6) is 4.82. The number of amides is 1. The smallest absolute Gasteiger partial charge is 0.248 e. The molecule has 0 aliphatic carbocycles. The molecule has 0 bridgehead atoms.